The zero-order valence-electron chi connectivity index (χ0n) is 9.93. The van der Waals surface area contributed by atoms with E-state index in [-0.39, 0.29) is 11.7 Å². The van der Waals surface area contributed by atoms with Crippen molar-refractivity contribution in [1.82, 2.24) is 4.98 Å². The first-order chi connectivity index (χ1) is 8.18. The fourth-order valence-corrected chi connectivity index (χ4v) is 2.27. The van der Waals surface area contributed by atoms with Crippen LogP contribution in [0.1, 0.15) is 43.0 Å². The fourth-order valence-electron chi connectivity index (χ4n) is 2.27. The number of nitrogens with zero attached hydrogens (tertiary/aromatic N) is 1. The zero-order valence-corrected chi connectivity index (χ0v) is 9.93. The second-order valence-electron chi connectivity index (χ2n) is 4.60. The van der Waals surface area contributed by atoms with Crippen LogP contribution in [0.3, 0.4) is 0 Å². The Morgan fingerprint density at radius 1 is 1.47 bits per heavy atom. The lowest BCUT2D eigenvalue weighted by Crippen LogP contribution is -2.28. The molecular weight excluding hydrogens is 218 g/mol. The van der Waals surface area contributed by atoms with E-state index in [0.29, 0.717) is 11.7 Å². The van der Waals surface area contributed by atoms with Crippen molar-refractivity contribution >= 4 is 5.97 Å². The van der Waals surface area contributed by atoms with Crippen molar-refractivity contribution in [3.63, 3.8) is 0 Å². The van der Waals surface area contributed by atoms with Crippen molar-refractivity contribution in [2.75, 3.05) is 0 Å². The average molecular weight is 235 g/mol. The summed E-state index contributed by atoms with van der Waals surface area (Å²) in [5.74, 6) is -0.0682. The van der Waals surface area contributed by atoms with Crippen molar-refractivity contribution in [3.05, 3.63) is 24.0 Å². The summed E-state index contributed by atoms with van der Waals surface area (Å²) in [6.07, 6.45) is 7.58. The molecular formula is C13H17NO3. The zero-order chi connectivity index (χ0) is 12.3. The first-order valence-corrected chi connectivity index (χ1v) is 6.02. The van der Waals surface area contributed by atoms with Gasteiger partial charge in [-0.15, -0.1) is 0 Å². The number of hydrogen-bond acceptors (Lipinski definition) is 3. The van der Waals surface area contributed by atoms with Gasteiger partial charge in [0.15, 0.2) is 0 Å². The van der Waals surface area contributed by atoms with E-state index >= 15 is 0 Å². The minimum Gasteiger partial charge on any atom is -0.489 e. The third-order valence-corrected chi connectivity index (χ3v) is 3.32. The molecule has 1 aliphatic carbocycles. The molecule has 0 saturated heterocycles. The van der Waals surface area contributed by atoms with Gasteiger partial charge < -0.3 is 9.84 Å². The molecule has 0 amide bonds. The first kappa shape index (κ1) is 11.9. The van der Waals surface area contributed by atoms with Crippen LogP contribution in [-0.2, 0) is 0 Å². The molecule has 0 aromatic carbocycles. The molecule has 17 heavy (non-hydrogen) atoms. The van der Waals surface area contributed by atoms with E-state index in [1.165, 1.54) is 12.6 Å². The monoisotopic (exact) mass is 235 g/mol. The molecule has 1 aliphatic rings. The molecule has 2 atom stereocenters. The molecule has 1 aromatic heterocycles. The van der Waals surface area contributed by atoms with Crippen molar-refractivity contribution in [1.29, 1.82) is 0 Å². The minimum absolute atomic E-state index is 0.129. The lowest BCUT2D eigenvalue weighted by Gasteiger charge is -2.29. The second-order valence-corrected chi connectivity index (χ2v) is 4.60. The van der Waals surface area contributed by atoms with Gasteiger partial charge in [0.25, 0.3) is 0 Å². The number of hydrogen-bond donors (Lipinski definition) is 1. The Morgan fingerprint density at radius 3 is 2.94 bits per heavy atom. The summed E-state index contributed by atoms with van der Waals surface area (Å²) in [5, 5.41) is 9.04. The van der Waals surface area contributed by atoms with Gasteiger partial charge in [-0.1, -0.05) is 13.3 Å². The van der Waals surface area contributed by atoms with E-state index < -0.39 is 5.97 Å². The largest absolute Gasteiger partial charge is 0.489 e. The molecule has 4 heteroatoms. The Bertz CT molecular complexity index is 405. The molecule has 1 heterocycles. The summed E-state index contributed by atoms with van der Waals surface area (Å²) in [6.45, 7) is 2.16. The maximum Gasteiger partial charge on any atom is 0.341 e. The van der Waals surface area contributed by atoms with Crippen molar-refractivity contribution in [2.24, 2.45) is 5.92 Å². The number of pyridine rings is 1. The topological polar surface area (TPSA) is 59.4 Å². The second kappa shape index (κ2) is 5.17. The molecule has 2 rings (SSSR count). The summed E-state index contributed by atoms with van der Waals surface area (Å²) in [7, 11) is 0. The van der Waals surface area contributed by atoms with Gasteiger partial charge in [-0.3, -0.25) is 4.98 Å². The van der Waals surface area contributed by atoms with Crippen LogP contribution in [0.4, 0.5) is 0 Å². The number of ether oxygens (including phenoxy) is 1. The summed E-state index contributed by atoms with van der Waals surface area (Å²) in [4.78, 5) is 14.8. The summed E-state index contributed by atoms with van der Waals surface area (Å²) in [6, 6.07) is 1.63. The van der Waals surface area contributed by atoms with Gasteiger partial charge in [-0.05, 0) is 31.2 Å². The predicted molar refractivity (Wildman–Crippen MR) is 63.2 cm³/mol. The first-order valence-electron chi connectivity index (χ1n) is 6.02. The van der Waals surface area contributed by atoms with E-state index in [0.717, 1.165) is 19.3 Å². The lowest BCUT2D eigenvalue weighted by atomic mass is 9.88. The smallest absolute Gasteiger partial charge is 0.341 e. The van der Waals surface area contributed by atoms with Crippen LogP contribution >= 0.6 is 0 Å². The Hall–Kier alpha value is -1.58. The number of carbonyl (C=O) groups is 1. The van der Waals surface area contributed by atoms with E-state index in [4.69, 9.17) is 9.84 Å². The predicted octanol–water partition coefficient (Wildman–Crippen LogP) is 2.74. The standard InChI is InChI=1S/C13H17NO3/c1-9-4-2-3-5-11(9)17-12-6-7-14-8-10(12)13(15)16/h6-9,11H,2-5H2,1H3,(H,15,16). The van der Waals surface area contributed by atoms with Crippen LogP contribution in [0.2, 0.25) is 0 Å². The molecule has 1 aromatic rings. The average Bonchev–Trinajstić information content (AvgIpc) is 2.32. The van der Waals surface area contributed by atoms with E-state index in [1.54, 1.807) is 12.3 Å². The van der Waals surface area contributed by atoms with Gasteiger partial charge in [0.1, 0.15) is 17.4 Å². The van der Waals surface area contributed by atoms with Gasteiger partial charge in [-0.2, -0.15) is 0 Å². The minimum atomic E-state index is -0.989. The highest BCUT2D eigenvalue weighted by Crippen LogP contribution is 2.29. The van der Waals surface area contributed by atoms with Crippen molar-refractivity contribution < 1.29 is 14.6 Å². The summed E-state index contributed by atoms with van der Waals surface area (Å²) < 4.78 is 5.84. The van der Waals surface area contributed by atoms with Crippen LogP contribution in [0.5, 0.6) is 5.75 Å². The van der Waals surface area contributed by atoms with Gasteiger partial charge in [0.2, 0.25) is 0 Å². The van der Waals surface area contributed by atoms with Crippen molar-refractivity contribution in [3.8, 4) is 5.75 Å². The SMILES string of the molecule is CC1CCCCC1Oc1ccncc1C(=O)O. The fraction of sp³-hybridized carbons (Fsp3) is 0.538. The van der Waals surface area contributed by atoms with Crippen LogP contribution in [0.25, 0.3) is 0 Å². The van der Waals surface area contributed by atoms with E-state index in [9.17, 15) is 4.79 Å². The van der Waals surface area contributed by atoms with E-state index in [2.05, 4.69) is 11.9 Å². The molecule has 1 fully saturated rings. The van der Waals surface area contributed by atoms with Gasteiger partial charge in [0, 0.05) is 12.4 Å². The van der Waals surface area contributed by atoms with Crippen LogP contribution in [0, 0.1) is 5.92 Å². The molecule has 0 radical (unpaired) electrons. The maximum atomic E-state index is 11.0. The lowest BCUT2D eigenvalue weighted by molar-refractivity contribution is 0.0672. The highest BCUT2D eigenvalue weighted by Gasteiger charge is 2.24. The number of rotatable bonds is 3. The number of aromatic nitrogens is 1. The van der Waals surface area contributed by atoms with Gasteiger partial charge >= 0.3 is 5.97 Å². The Labute approximate surface area is 101 Å². The Kier molecular flexibility index (Phi) is 3.61. The van der Waals surface area contributed by atoms with E-state index in [1.807, 2.05) is 0 Å². The van der Waals surface area contributed by atoms with Crippen molar-refractivity contribution in [2.45, 2.75) is 38.7 Å². The van der Waals surface area contributed by atoms with Gasteiger partial charge in [0.05, 0.1) is 0 Å². The molecule has 0 aliphatic heterocycles. The molecule has 1 N–H and O–H groups in total. The normalized spacial score (nSPS) is 24.3. The number of aromatic carboxylic acids is 1. The molecule has 4 nitrogen and oxygen atoms in total. The number of carboxylic acids is 1. The molecule has 92 valence electrons. The Balaban J connectivity index is 2.14. The molecule has 0 bridgehead atoms. The number of carboxylic acid groups (broad SMARTS) is 1. The molecule has 1 saturated carbocycles. The summed E-state index contributed by atoms with van der Waals surface area (Å²) >= 11 is 0. The van der Waals surface area contributed by atoms with Crippen LogP contribution < -0.4 is 4.74 Å². The highest BCUT2D eigenvalue weighted by molar-refractivity contribution is 5.90. The third-order valence-electron chi connectivity index (χ3n) is 3.32. The quantitative estimate of drug-likeness (QED) is 0.875. The highest BCUT2D eigenvalue weighted by atomic mass is 16.5. The van der Waals surface area contributed by atoms with Crippen LogP contribution in [0.15, 0.2) is 18.5 Å². The molecule has 0 spiro atoms. The molecule has 2 unspecified atom stereocenters. The van der Waals surface area contributed by atoms with Gasteiger partial charge in [-0.25, -0.2) is 4.79 Å². The van der Waals surface area contributed by atoms with Crippen LogP contribution in [-0.4, -0.2) is 22.2 Å². The Morgan fingerprint density at radius 2 is 2.24 bits per heavy atom. The third kappa shape index (κ3) is 2.75. The summed E-state index contributed by atoms with van der Waals surface area (Å²) in [5.41, 5.74) is 0.144. The maximum absolute atomic E-state index is 11.0.